The van der Waals surface area contributed by atoms with Gasteiger partial charge in [-0.3, -0.25) is 0 Å². The number of carbonyl (C=O) groups is 2. The van der Waals surface area contributed by atoms with E-state index in [1.54, 1.807) is 0 Å². The van der Waals surface area contributed by atoms with Gasteiger partial charge < -0.3 is 20.6 Å². The summed E-state index contributed by atoms with van der Waals surface area (Å²) in [4.78, 5) is 24.6. The number of carboxylic acid groups (broad SMARTS) is 1. The first-order valence-corrected chi connectivity index (χ1v) is 6.30. The molecule has 0 fully saturated rings. The number of aliphatic carboxylic acids is 1. The third-order valence-electron chi connectivity index (χ3n) is 2.83. The Balaban J connectivity index is 4.00. The molecule has 2 atom stereocenters. The number of hydrogen-bond donors (Lipinski definition) is 3. The van der Waals surface area contributed by atoms with Gasteiger partial charge in [-0.1, -0.05) is 20.3 Å². The van der Waals surface area contributed by atoms with E-state index in [1.165, 1.54) is 0 Å². The summed E-state index contributed by atoms with van der Waals surface area (Å²) in [6.45, 7) is 5.13. The lowest BCUT2D eigenvalue weighted by Crippen LogP contribution is -2.49. The van der Waals surface area contributed by atoms with Crippen LogP contribution in [0.2, 0.25) is 0 Å². The summed E-state index contributed by atoms with van der Waals surface area (Å²) in [7, 11) is 3.92. The molecule has 0 saturated heterocycles. The molecule has 6 heteroatoms. The second-order valence-electron chi connectivity index (χ2n) is 4.76. The van der Waals surface area contributed by atoms with Crippen molar-refractivity contribution in [2.24, 2.45) is 5.92 Å². The molecule has 0 rings (SSSR count). The molecule has 106 valence electrons. The van der Waals surface area contributed by atoms with Crippen molar-refractivity contribution in [1.29, 1.82) is 0 Å². The Hall–Kier alpha value is -1.30. The standard InChI is InChI=1S/C12H25N3O3/c1-5-9(2)10(11(16)17)14-12(18)13-7-6-8-15(3)4/h9-10H,5-8H2,1-4H3,(H,16,17)(H2,13,14,18)/t9-,10-/m0/s1. The van der Waals surface area contributed by atoms with Gasteiger partial charge in [-0.2, -0.15) is 0 Å². The number of carbonyl (C=O) groups excluding carboxylic acids is 1. The predicted octanol–water partition coefficient (Wildman–Crippen LogP) is 0.737. The topological polar surface area (TPSA) is 81.7 Å². The summed E-state index contributed by atoms with van der Waals surface area (Å²) in [5.74, 6) is -1.08. The smallest absolute Gasteiger partial charge is 0.326 e. The number of hydrogen-bond acceptors (Lipinski definition) is 3. The lowest BCUT2D eigenvalue weighted by Gasteiger charge is -2.20. The molecular weight excluding hydrogens is 234 g/mol. The van der Waals surface area contributed by atoms with Crippen LogP contribution >= 0.6 is 0 Å². The molecule has 2 amide bonds. The van der Waals surface area contributed by atoms with Gasteiger partial charge in [0.2, 0.25) is 0 Å². The summed E-state index contributed by atoms with van der Waals surface area (Å²) < 4.78 is 0. The Labute approximate surface area is 109 Å². The van der Waals surface area contributed by atoms with Gasteiger partial charge in [-0.05, 0) is 33.0 Å². The molecule has 0 saturated carbocycles. The monoisotopic (exact) mass is 259 g/mol. The molecule has 0 aromatic heterocycles. The molecule has 0 radical (unpaired) electrons. The summed E-state index contributed by atoms with van der Waals surface area (Å²) in [5, 5.41) is 14.2. The van der Waals surface area contributed by atoms with Crippen LogP contribution in [0.1, 0.15) is 26.7 Å². The van der Waals surface area contributed by atoms with Crippen LogP contribution in [-0.2, 0) is 4.79 Å². The maximum Gasteiger partial charge on any atom is 0.326 e. The average molecular weight is 259 g/mol. The van der Waals surface area contributed by atoms with Gasteiger partial charge >= 0.3 is 12.0 Å². The molecule has 0 aromatic carbocycles. The second kappa shape index (κ2) is 8.74. The number of urea groups is 1. The van der Waals surface area contributed by atoms with Gasteiger partial charge in [-0.25, -0.2) is 9.59 Å². The number of rotatable bonds is 8. The first-order valence-electron chi connectivity index (χ1n) is 6.30. The van der Waals surface area contributed by atoms with Gasteiger partial charge in [-0.15, -0.1) is 0 Å². The van der Waals surface area contributed by atoms with Crippen LogP contribution in [-0.4, -0.2) is 55.2 Å². The number of amides is 2. The van der Waals surface area contributed by atoms with Crippen LogP contribution in [0.15, 0.2) is 0 Å². The first kappa shape index (κ1) is 16.7. The van der Waals surface area contributed by atoms with Crippen molar-refractivity contribution >= 4 is 12.0 Å². The summed E-state index contributed by atoms with van der Waals surface area (Å²) in [6.07, 6.45) is 1.54. The molecule has 0 bridgehead atoms. The molecule has 0 unspecified atom stereocenters. The second-order valence-corrected chi connectivity index (χ2v) is 4.76. The van der Waals surface area contributed by atoms with Gasteiger partial charge in [0, 0.05) is 6.54 Å². The fourth-order valence-electron chi connectivity index (χ4n) is 1.47. The molecule has 0 aliphatic rings. The zero-order chi connectivity index (χ0) is 14.1. The van der Waals surface area contributed by atoms with Crippen molar-refractivity contribution in [3.63, 3.8) is 0 Å². The molecule has 6 nitrogen and oxygen atoms in total. The average Bonchev–Trinajstić information content (AvgIpc) is 2.30. The number of carboxylic acids is 1. The third-order valence-corrected chi connectivity index (χ3v) is 2.83. The van der Waals surface area contributed by atoms with Crippen LogP contribution in [0.25, 0.3) is 0 Å². The van der Waals surface area contributed by atoms with Gasteiger partial charge in [0.15, 0.2) is 0 Å². The van der Waals surface area contributed by atoms with Gasteiger partial charge in [0.25, 0.3) is 0 Å². The Morgan fingerprint density at radius 1 is 1.33 bits per heavy atom. The SMILES string of the molecule is CC[C@H](C)[C@H](NC(=O)NCCCN(C)C)C(=O)O. The van der Waals surface area contributed by atoms with E-state index in [0.29, 0.717) is 13.0 Å². The Kier molecular flexibility index (Phi) is 8.11. The normalized spacial score (nSPS) is 14.1. The molecule has 3 N–H and O–H groups in total. The van der Waals surface area contributed by atoms with Crippen LogP contribution in [0, 0.1) is 5.92 Å². The highest BCUT2D eigenvalue weighted by atomic mass is 16.4. The summed E-state index contributed by atoms with van der Waals surface area (Å²) in [6, 6.07) is -1.25. The van der Waals surface area contributed by atoms with Crippen LogP contribution in [0.5, 0.6) is 0 Å². The predicted molar refractivity (Wildman–Crippen MR) is 70.6 cm³/mol. The minimum absolute atomic E-state index is 0.0879. The fraction of sp³-hybridized carbons (Fsp3) is 0.833. The lowest BCUT2D eigenvalue weighted by atomic mass is 9.99. The largest absolute Gasteiger partial charge is 0.480 e. The molecule has 0 aromatic rings. The third kappa shape index (κ3) is 7.11. The Morgan fingerprint density at radius 3 is 2.39 bits per heavy atom. The van der Waals surface area contributed by atoms with E-state index in [0.717, 1.165) is 13.0 Å². The van der Waals surface area contributed by atoms with Crippen molar-refractivity contribution in [1.82, 2.24) is 15.5 Å². The zero-order valence-corrected chi connectivity index (χ0v) is 11.7. The molecule has 18 heavy (non-hydrogen) atoms. The quantitative estimate of drug-likeness (QED) is 0.561. The van der Waals surface area contributed by atoms with E-state index in [4.69, 9.17) is 5.11 Å². The zero-order valence-electron chi connectivity index (χ0n) is 11.7. The van der Waals surface area contributed by atoms with Crippen molar-refractivity contribution in [2.45, 2.75) is 32.7 Å². The minimum Gasteiger partial charge on any atom is -0.480 e. The maximum absolute atomic E-state index is 11.5. The Bertz CT molecular complexity index is 269. The van der Waals surface area contributed by atoms with Crippen LogP contribution in [0.3, 0.4) is 0 Å². The van der Waals surface area contributed by atoms with E-state index >= 15 is 0 Å². The van der Waals surface area contributed by atoms with Gasteiger partial charge in [0.1, 0.15) is 6.04 Å². The lowest BCUT2D eigenvalue weighted by molar-refractivity contribution is -0.140. The maximum atomic E-state index is 11.5. The van der Waals surface area contributed by atoms with Crippen molar-refractivity contribution in [3.05, 3.63) is 0 Å². The van der Waals surface area contributed by atoms with E-state index in [-0.39, 0.29) is 5.92 Å². The number of nitrogens with one attached hydrogen (secondary N) is 2. The van der Waals surface area contributed by atoms with Crippen molar-refractivity contribution in [3.8, 4) is 0 Å². The van der Waals surface area contributed by atoms with Crippen LogP contribution < -0.4 is 10.6 Å². The molecule has 0 spiro atoms. The summed E-state index contributed by atoms with van der Waals surface area (Å²) >= 11 is 0. The fourth-order valence-corrected chi connectivity index (χ4v) is 1.47. The highest BCUT2D eigenvalue weighted by molar-refractivity contribution is 5.82. The van der Waals surface area contributed by atoms with Crippen molar-refractivity contribution in [2.75, 3.05) is 27.2 Å². The van der Waals surface area contributed by atoms with E-state index in [9.17, 15) is 9.59 Å². The highest BCUT2D eigenvalue weighted by Crippen LogP contribution is 2.07. The van der Waals surface area contributed by atoms with E-state index < -0.39 is 18.0 Å². The molecule has 0 heterocycles. The van der Waals surface area contributed by atoms with E-state index in [2.05, 4.69) is 10.6 Å². The molecule has 0 aliphatic carbocycles. The summed E-state index contributed by atoms with van der Waals surface area (Å²) in [5.41, 5.74) is 0. The van der Waals surface area contributed by atoms with Crippen LogP contribution in [0.4, 0.5) is 4.79 Å². The molecule has 0 aliphatic heterocycles. The Morgan fingerprint density at radius 2 is 1.94 bits per heavy atom. The highest BCUT2D eigenvalue weighted by Gasteiger charge is 2.24. The van der Waals surface area contributed by atoms with Gasteiger partial charge in [0.05, 0.1) is 0 Å². The minimum atomic E-state index is -0.993. The first-order chi connectivity index (χ1) is 8.38. The van der Waals surface area contributed by atoms with Crippen molar-refractivity contribution < 1.29 is 14.7 Å². The van der Waals surface area contributed by atoms with E-state index in [1.807, 2.05) is 32.8 Å². The molecular formula is C12H25N3O3. The number of nitrogens with zero attached hydrogens (tertiary/aromatic N) is 1.